The molecule has 17 heavy (non-hydrogen) atoms. The minimum Gasteiger partial charge on any atom is -0.462 e. The molecule has 5 nitrogen and oxygen atoms in total. The summed E-state index contributed by atoms with van der Waals surface area (Å²) in [5.41, 5.74) is 6.22. The topological polar surface area (TPSA) is 70.1 Å². The zero-order valence-electron chi connectivity index (χ0n) is 10.9. The molecule has 96 valence electrons. The molecule has 1 rings (SSSR count). The highest BCUT2D eigenvalue weighted by atomic mass is 16.5. The van der Waals surface area contributed by atoms with Crippen molar-refractivity contribution in [3.05, 3.63) is 18.0 Å². The summed E-state index contributed by atoms with van der Waals surface area (Å²) in [5.74, 6) is -0.344. The van der Waals surface area contributed by atoms with Crippen LogP contribution in [-0.4, -0.2) is 28.9 Å². The molecule has 0 radical (unpaired) electrons. The van der Waals surface area contributed by atoms with Gasteiger partial charge in [-0.05, 0) is 12.3 Å². The van der Waals surface area contributed by atoms with Gasteiger partial charge in [0.05, 0.1) is 24.4 Å². The highest BCUT2D eigenvalue weighted by Crippen LogP contribution is 2.29. The van der Waals surface area contributed by atoms with Gasteiger partial charge in [0.2, 0.25) is 0 Å². The maximum atomic E-state index is 11.5. The van der Waals surface area contributed by atoms with Gasteiger partial charge in [-0.1, -0.05) is 20.8 Å². The van der Waals surface area contributed by atoms with Gasteiger partial charge in [0, 0.05) is 12.7 Å². The van der Waals surface area contributed by atoms with Gasteiger partial charge in [-0.2, -0.15) is 5.10 Å². The molecular formula is C12H21N3O2. The highest BCUT2D eigenvalue weighted by Gasteiger charge is 2.26. The van der Waals surface area contributed by atoms with Crippen molar-refractivity contribution >= 4 is 5.97 Å². The lowest BCUT2D eigenvalue weighted by Crippen LogP contribution is -2.31. The summed E-state index contributed by atoms with van der Waals surface area (Å²) in [6, 6.07) is 0.0608. The van der Waals surface area contributed by atoms with E-state index in [1.807, 2.05) is 0 Å². The Kier molecular flexibility index (Phi) is 4.28. The predicted octanol–water partition coefficient (Wildman–Crippen LogP) is 1.61. The summed E-state index contributed by atoms with van der Waals surface area (Å²) in [5, 5.41) is 4.19. The smallest absolute Gasteiger partial charge is 0.341 e. The third-order valence-electron chi connectivity index (χ3n) is 2.65. The van der Waals surface area contributed by atoms with Gasteiger partial charge in [-0.15, -0.1) is 0 Å². The molecular weight excluding hydrogens is 218 g/mol. The summed E-state index contributed by atoms with van der Waals surface area (Å²) >= 11 is 0. The first-order valence-corrected chi connectivity index (χ1v) is 5.81. The summed E-state index contributed by atoms with van der Waals surface area (Å²) in [4.78, 5) is 11.5. The standard InChI is InChI=1S/C12H21N3O2/c1-5-17-11(16)9-7-14-15(8-9)10(6-13)12(2,3)4/h7-8,10H,5-6,13H2,1-4H3. The van der Waals surface area contributed by atoms with Crippen LogP contribution >= 0.6 is 0 Å². The molecule has 0 aliphatic rings. The lowest BCUT2D eigenvalue weighted by molar-refractivity contribution is 0.0526. The number of nitrogens with two attached hydrogens (primary N) is 1. The zero-order valence-corrected chi connectivity index (χ0v) is 10.9. The number of carbonyl (C=O) groups is 1. The van der Waals surface area contributed by atoms with Crippen LogP contribution < -0.4 is 5.73 Å². The van der Waals surface area contributed by atoms with Crippen molar-refractivity contribution in [3.8, 4) is 0 Å². The first-order chi connectivity index (χ1) is 7.90. The van der Waals surface area contributed by atoms with Gasteiger partial charge >= 0.3 is 5.97 Å². The normalized spacial score (nSPS) is 13.5. The molecule has 0 aliphatic carbocycles. The summed E-state index contributed by atoms with van der Waals surface area (Å²) < 4.78 is 6.66. The van der Waals surface area contributed by atoms with Gasteiger partial charge < -0.3 is 10.5 Å². The first kappa shape index (κ1) is 13.7. The van der Waals surface area contributed by atoms with Crippen LogP contribution in [0.5, 0.6) is 0 Å². The third-order valence-corrected chi connectivity index (χ3v) is 2.65. The number of hydrogen-bond acceptors (Lipinski definition) is 4. The Labute approximate surface area is 102 Å². The number of nitrogens with zero attached hydrogens (tertiary/aromatic N) is 2. The Morgan fingerprint density at radius 2 is 2.24 bits per heavy atom. The number of aromatic nitrogens is 2. The Balaban J connectivity index is 2.90. The SMILES string of the molecule is CCOC(=O)c1cnn(C(CN)C(C)(C)C)c1. The van der Waals surface area contributed by atoms with E-state index in [0.717, 1.165) is 0 Å². The Morgan fingerprint density at radius 3 is 2.71 bits per heavy atom. The van der Waals surface area contributed by atoms with Crippen LogP contribution in [0.3, 0.4) is 0 Å². The Hall–Kier alpha value is -1.36. The molecule has 0 aromatic carbocycles. The molecule has 0 saturated heterocycles. The number of rotatable bonds is 4. The average molecular weight is 239 g/mol. The third kappa shape index (κ3) is 3.30. The van der Waals surface area contributed by atoms with Crippen LogP contribution in [-0.2, 0) is 4.74 Å². The second-order valence-corrected chi connectivity index (χ2v) is 5.05. The van der Waals surface area contributed by atoms with E-state index in [1.165, 1.54) is 6.20 Å². The van der Waals surface area contributed by atoms with E-state index in [1.54, 1.807) is 17.8 Å². The number of carbonyl (C=O) groups excluding carboxylic acids is 1. The molecule has 0 spiro atoms. The quantitative estimate of drug-likeness (QED) is 0.810. The molecule has 0 bridgehead atoms. The maximum absolute atomic E-state index is 11.5. The fourth-order valence-corrected chi connectivity index (χ4v) is 1.69. The number of hydrogen-bond donors (Lipinski definition) is 1. The molecule has 1 aromatic rings. The first-order valence-electron chi connectivity index (χ1n) is 5.81. The molecule has 1 aromatic heterocycles. The van der Waals surface area contributed by atoms with Crippen molar-refractivity contribution in [1.82, 2.24) is 9.78 Å². The van der Waals surface area contributed by atoms with E-state index in [-0.39, 0.29) is 17.4 Å². The minimum atomic E-state index is -0.344. The van der Waals surface area contributed by atoms with Crippen molar-refractivity contribution in [3.63, 3.8) is 0 Å². The fourth-order valence-electron chi connectivity index (χ4n) is 1.69. The van der Waals surface area contributed by atoms with Crippen molar-refractivity contribution in [2.24, 2.45) is 11.1 Å². The van der Waals surface area contributed by atoms with Crippen LogP contribution in [0, 0.1) is 5.41 Å². The molecule has 0 amide bonds. The molecule has 5 heteroatoms. The Morgan fingerprint density at radius 1 is 1.59 bits per heavy atom. The van der Waals surface area contributed by atoms with E-state index in [9.17, 15) is 4.79 Å². The van der Waals surface area contributed by atoms with Gasteiger partial charge in [-0.3, -0.25) is 4.68 Å². The second-order valence-electron chi connectivity index (χ2n) is 5.05. The van der Waals surface area contributed by atoms with Crippen LogP contribution in [0.15, 0.2) is 12.4 Å². The van der Waals surface area contributed by atoms with E-state index in [2.05, 4.69) is 25.9 Å². The number of ether oxygens (including phenoxy) is 1. The molecule has 2 N–H and O–H groups in total. The summed E-state index contributed by atoms with van der Waals surface area (Å²) in [6.07, 6.45) is 3.22. The summed E-state index contributed by atoms with van der Waals surface area (Å²) in [7, 11) is 0. The molecule has 1 atom stereocenters. The second kappa shape index (κ2) is 5.31. The predicted molar refractivity (Wildman–Crippen MR) is 65.7 cm³/mol. The summed E-state index contributed by atoms with van der Waals surface area (Å²) in [6.45, 7) is 8.90. The molecule has 1 heterocycles. The fraction of sp³-hybridized carbons (Fsp3) is 0.667. The number of esters is 1. The van der Waals surface area contributed by atoms with Crippen LogP contribution in [0.4, 0.5) is 0 Å². The van der Waals surface area contributed by atoms with Gasteiger partial charge in [0.25, 0.3) is 0 Å². The van der Waals surface area contributed by atoms with E-state index < -0.39 is 0 Å². The highest BCUT2D eigenvalue weighted by molar-refractivity contribution is 5.88. The molecule has 0 aliphatic heterocycles. The van der Waals surface area contributed by atoms with Gasteiger partial charge in [-0.25, -0.2) is 4.79 Å². The van der Waals surface area contributed by atoms with Gasteiger partial charge in [0.15, 0.2) is 0 Å². The lowest BCUT2D eigenvalue weighted by Gasteiger charge is -2.29. The molecule has 1 unspecified atom stereocenters. The monoisotopic (exact) mass is 239 g/mol. The minimum absolute atomic E-state index is 0.00724. The van der Waals surface area contributed by atoms with E-state index in [0.29, 0.717) is 18.7 Å². The molecule has 0 fully saturated rings. The van der Waals surface area contributed by atoms with E-state index >= 15 is 0 Å². The Bertz CT molecular complexity index is 379. The molecule has 0 saturated carbocycles. The van der Waals surface area contributed by atoms with Crippen LogP contribution in [0.25, 0.3) is 0 Å². The average Bonchev–Trinajstić information content (AvgIpc) is 2.66. The maximum Gasteiger partial charge on any atom is 0.341 e. The van der Waals surface area contributed by atoms with Crippen molar-refractivity contribution < 1.29 is 9.53 Å². The lowest BCUT2D eigenvalue weighted by atomic mass is 9.87. The largest absolute Gasteiger partial charge is 0.462 e. The zero-order chi connectivity index (χ0) is 13.1. The van der Waals surface area contributed by atoms with E-state index in [4.69, 9.17) is 10.5 Å². The van der Waals surface area contributed by atoms with Crippen LogP contribution in [0.1, 0.15) is 44.1 Å². The van der Waals surface area contributed by atoms with Crippen LogP contribution in [0.2, 0.25) is 0 Å². The van der Waals surface area contributed by atoms with Gasteiger partial charge in [0.1, 0.15) is 0 Å². The van der Waals surface area contributed by atoms with Crippen molar-refractivity contribution in [2.75, 3.05) is 13.2 Å². The van der Waals surface area contributed by atoms with Crippen molar-refractivity contribution in [1.29, 1.82) is 0 Å². The van der Waals surface area contributed by atoms with Crippen molar-refractivity contribution in [2.45, 2.75) is 33.7 Å².